The highest BCUT2D eigenvalue weighted by Crippen LogP contribution is 2.21. The first-order chi connectivity index (χ1) is 9.16. The van der Waals surface area contributed by atoms with Crippen LogP contribution in [0.15, 0.2) is 30.3 Å². The minimum atomic E-state index is -0.765. The maximum Gasteiger partial charge on any atom is 0.321 e. The van der Waals surface area contributed by atoms with Gasteiger partial charge in [0, 0.05) is 12.6 Å². The van der Waals surface area contributed by atoms with Crippen molar-refractivity contribution in [1.82, 2.24) is 10.2 Å². The Morgan fingerprint density at radius 1 is 1.42 bits per heavy atom. The topological polar surface area (TPSA) is 61.8 Å². The van der Waals surface area contributed by atoms with E-state index in [4.69, 9.17) is 9.94 Å². The number of aliphatic carboxylic acids is 1. The molecule has 1 aromatic rings. The average molecular weight is 282 g/mol. The lowest BCUT2D eigenvalue weighted by atomic mass is 10.0. The van der Waals surface area contributed by atoms with Gasteiger partial charge in [-0.25, -0.2) is 0 Å². The number of carboxylic acid groups (broad SMARTS) is 1. The minimum Gasteiger partial charge on any atom is -0.480 e. The second-order valence-corrected chi connectivity index (χ2v) is 5.38. The highest BCUT2D eigenvalue weighted by atomic mass is 31.0. The fourth-order valence-corrected chi connectivity index (χ4v) is 2.71. The number of hydrogen-bond donors (Lipinski definition) is 2. The molecule has 0 saturated carbocycles. The second kappa shape index (κ2) is 6.96. The normalized spacial score (nSPS) is 24.3. The van der Waals surface area contributed by atoms with Gasteiger partial charge in [-0.2, -0.15) is 5.48 Å². The summed E-state index contributed by atoms with van der Waals surface area (Å²) in [6, 6.07) is 9.68. The first kappa shape index (κ1) is 14.4. The summed E-state index contributed by atoms with van der Waals surface area (Å²) < 4.78 is 1.77. The molecule has 5 nitrogen and oxygen atoms in total. The predicted octanol–water partition coefficient (Wildman–Crippen LogP) is 1.42. The molecule has 6 heteroatoms. The fraction of sp³-hybridized carbons (Fsp3) is 0.462. The second-order valence-electron chi connectivity index (χ2n) is 4.72. The molecule has 0 radical (unpaired) electrons. The number of carbonyl (C=O) groups is 1. The quantitative estimate of drug-likeness (QED) is 0.631. The van der Waals surface area contributed by atoms with E-state index in [2.05, 4.69) is 14.9 Å². The summed E-state index contributed by atoms with van der Waals surface area (Å²) in [5.74, 6) is -0.765. The van der Waals surface area contributed by atoms with E-state index in [0.29, 0.717) is 19.6 Å². The van der Waals surface area contributed by atoms with Crippen molar-refractivity contribution in [2.45, 2.75) is 31.5 Å². The number of nitrogens with one attached hydrogen (secondary N) is 1. The zero-order valence-electron chi connectivity index (χ0n) is 10.7. The van der Waals surface area contributed by atoms with Gasteiger partial charge in [-0.05, 0) is 18.4 Å². The summed E-state index contributed by atoms with van der Waals surface area (Å²) in [6.45, 7) is 1.16. The van der Waals surface area contributed by atoms with Crippen molar-refractivity contribution in [1.29, 1.82) is 0 Å². The van der Waals surface area contributed by atoms with Crippen molar-refractivity contribution >= 4 is 15.4 Å². The van der Waals surface area contributed by atoms with E-state index >= 15 is 0 Å². The van der Waals surface area contributed by atoms with Gasteiger partial charge >= 0.3 is 5.97 Å². The SMILES string of the molecule is O=C(O)[C@@H]1CCC(NOCc2ccccc2)CN1P. The number of hydrogen-bond acceptors (Lipinski definition) is 4. The van der Waals surface area contributed by atoms with Crippen LogP contribution in [0.1, 0.15) is 18.4 Å². The molecule has 1 aromatic carbocycles. The lowest BCUT2D eigenvalue weighted by Gasteiger charge is -2.34. The number of hydroxylamine groups is 1. The van der Waals surface area contributed by atoms with E-state index in [0.717, 1.165) is 12.0 Å². The van der Waals surface area contributed by atoms with Crippen LogP contribution in [0.4, 0.5) is 0 Å². The first-order valence-corrected chi connectivity index (χ1v) is 6.84. The summed E-state index contributed by atoms with van der Waals surface area (Å²) in [7, 11) is 2.48. The molecular weight excluding hydrogens is 263 g/mol. The third kappa shape index (κ3) is 4.25. The Kier molecular flexibility index (Phi) is 5.28. The van der Waals surface area contributed by atoms with Crippen LogP contribution in [-0.2, 0) is 16.2 Å². The van der Waals surface area contributed by atoms with Crippen molar-refractivity contribution in [2.24, 2.45) is 0 Å². The molecule has 19 heavy (non-hydrogen) atoms. The summed E-state index contributed by atoms with van der Waals surface area (Å²) in [5.41, 5.74) is 4.12. The zero-order chi connectivity index (χ0) is 13.7. The molecule has 1 heterocycles. The first-order valence-electron chi connectivity index (χ1n) is 6.32. The molecule has 0 bridgehead atoms. The molecule has 2 N–H and O–H groups in total. The van der Waals surface area contributed by atoms with Gasteiger partial charge in [0.05, 0.1) is 6.61 Å². The lowest BCUT2D eigenvalue weighted by Crippen LogP contribution is -2.48. The van der Waals surface area contributed by atoms with Crippen LogP contribution in [0.2, 0.25) is 0 Å². The zero-order valence-corrected chi connectivity index (χ0v) is 11.8. The Labute approximate surface area is 115 Å². The molecule has 0 aliphatic carbocycles. The van der Waals surface area contributed by atoms with Gasteiger partial charge in [-0.3, -0.25) is 14.3 Å². The molecule has 0 aromatic heterocycles. The molecule has 0 amide bonds. The maximum absolute atomic E-state index is 11.0. The number of piperidine rings is 1. The van der Waals surface area contributed by atoms with Gasteiger partial charge in [0.25, 0.3) is 0 Å². The molecule has 1 saturated heterocycles. The van der Waals surface area contributed by atoms with Gasteiger partial charge in [-0.15, -0.1) is 0 Å². The average Bonchev–Trinajstić information content (AvgIpc) is 2.39. The summed E-state index contributed by atoms with van der Waals surface area (Å²) in [5, 5.41) is 9.01. The Bertz CT molecular complexity index is 416. The Hall–Kier alpha value is -1.000. The smallest absolute Gasteiger partial charge is 0.321 e. The van der Waals surface area contributed by atoms with Gasteiger partial charge in [0.1, 0.15) is 6.04 Å². The summed E-state index contributed by atoms with van der Waals surface area (Å²) in [4.78, 5) is 16.4. The molecule has 2 unspecified atom stereocenters. The standard InChI is InChI=1S/C13H19N2O3P/c16-13(17)12-7-6-11(8-15(12)19)14-18-9-10-4-2-1-3-5-10/h1-5,11-12,14H,6-9,19H2,(H,16,17)/t11?,12-/m0/s1. The van der Waals surface area contributed by atoms with Gasteiger partial charge in [0.2, 0.25) is 0 Å². The van der Waals surface area contributed by atoms with Crippen molar-refractivity contribution in [3.8, 4) is 0 Å². The Balaban J connectivity index is 1.72. The highest BCUT2D eigenvalue weighted by Gasteiger charge is 2.30. The highest BCUT2D eigenvalue weighted by molar-refractivity contribution is 7.13. The van der Waals surface area contributed by atoms with Crippen LogP contribution in [0.3, 0.4) is 0 Å². The Morgan fingerprint density at radius 3 is 2.79 bits per heavy atom. The van der Waals surface area contributed by atoms with Crippen LogP contribution in [0.5, 0.6) is 0 Å². The number of carboxylic acids is 1. The Morgan fingerprint density at radius 2 is 2.16 bits per heavy atom. The van der Waals surface area contributed by atoms with E-state index in [1.807, 2.05) is 30.3 Å². The molecule has 104 valence electrons. The monoisotopic (exact) mass is 282 g/mol. The van der Waals surface area contributed by atoms with Crippen LogP contribution in [0, 0.1) is 0 Å². The molecule has 1 aliphatic rings. The molecule has 0 spiro atoms. The van der Waals surface area contributed by atoms with Crippen molar-refractivity contribution in [3.63, 3.8) is 0 Å². The third-order valence-corrected chi connectivity index (χ3v) is 3.81. The van der Waals surface area contributed by atoms with Crippen molar-refractivity contribution in [2.75, 3.05) is 6.54 Å². The van der Waals surface area contributed by atoms with Crippen molar-refractivity contribution in [3.05, 3.63) is 35.9 Å². The third-order valence-electron chi connectivity index (χ3n) is 3.24. The molecule has 2 rings (SSSR count). The lowest BCUT2D eigenvalue weighted by molar-refractivity contribution is -0.142. The molecule has 1 aliphatic heterocycles. The molecular formula is C13H19N2O3P. The van der Waals surface area contributed by atoms with E-state index in [1.165, 1.54) is 0 Å². The van der Waals surface area contributed by atoms with Gasteiger partial charge in [-0.1, -0.05) is 39.7 Å². The molecule has 1 fully saturated rings. The predicted molar refractivity (Wildman–Crippen MR) is 75.2 cm³/mol. The summed E-state index contributed by atoms with van der Waals surface area (Å²) >= 11 is 0. The number of rotatable bonds is 5. The summed E-state index contributed by atoms with van der Waals surface area (Å²) in [6.07, 6.45) is 1.43. The van der Waals surface area contributed by atoms with Gasteiger partial charge < -0.3 is 5.11 Å². The van der Waals surface area contributed by atoms with Gasteiger partial charge in [0.15, 0.2) is 0 Å². The fourth-order valence-electron chi connectivity index (χ4n) is 2.18. The number of benzene rings is 1. The number of nitrogens with zero attached hydrogens (tertiary/aromatic N) is 1. The van der Waals surface area contributed by atoms with Crippen LogP contribution in [-0.4, -0.2) is 34.4 Å². The van der Waals surface area contributed by atoms with E-state index < -0.39 is 12.0 Å². The van der Waals surface area contributed by atoms with E-state index in [-0.39, 0.29) is 6.04 Å². The minimum absolute atomic E-state index is 0.164. The maximum atomic E-state index is 11.0. The van der Waals surface area contributed by atoms with Crippen LogP contribution in [0.25, 0.3) is 0 Å². The van der Waals surface area contributed by atoms with Crippen LogP contribution >= 0.6 is 9.39 Å². The molecule has 3 atom stereocenters. The van der Waals surface area contributed by atoms with E-state index in [1.54, 1.807) is 4.67 Å². The van der Waals surface area contributed by atoms with Crippen LogP contribution < -0.4 is 5.48 Å². The van der Waals surface area contributed by atoms with E-state index in [9.17, 15) is 4.79 Å². The largest absolute Gasteiger partial charge is 0.480 e. The van der Waals surface area contributed by atoms with Crippen molar-refractivity contribution < 1.29 is 14.7 Å².